The van der Waals surface area contributed by atoms with E-state index in [-0.39, 0.29) is 23.4 Å². The van der Waals surface area contributed by atoms with Gasteiger partial charge in [-0.2, -0.15) is 5.26 Å². The largest absolute Gasteiger partial charge is 0.457 e. The van der Waals surface area contributed by atoms with Crippen molar-refractivity contribution >= 4 is 23.6 Å². The van der Waals surface area contributed by atoms with E-state index in [1.807, 2.05) is 13.0 Å². The van der Waals surface area contributed by atoms with Crippen molar-refractivity contribution in [1.82, 2.24) is 4.90 Å². The highest BCUT2D eigenvalue weighted by atomic mass is 16.6. The summed E-state index contributed by atoms with van der Waals surface area (Å²) < 4.78 is 5.76. The van der Waals surface area contributed by atoms with E-state index in [0.29, 0.717) is 29.1 Å². The second-order valence-electron chi connectivity index (χ2n) is 6.79. The van der Waals surface area contributed by atoms with E-state index in [4.69, 9.17) is 4.42 Å². The molecule has 1 aromatic heterocycles. The smallest absolute Gasteiger partial charge is 0.271 e. The number of amides is 2. The maximum atomic E-state index is 12.9. The van der Waals surface area contributed by atoms with Crippen molar-refractivity contribution in [3.05, 3.63) is 69.0 Å². The lowest BCUT2D eigenvalue weighted by molar-refractivity contribution is -0.384. The highest BCUT2D eigenvalue weighted by Crippen LogP contribution is 2.30. The van der Waals surface area contributed by atoms with Gasteiger partial charge < -0.3 is 4.42 Å². The van der Waals surface area contributed by atoms with E-state index >= 15 is 0 Å². The first-order valence-corrected chi connectivity index (χ1v) is 9.41. The molecule has 8 heteroatoms. The number of nitro groups is 1. The first-order valence-electron chi connectivity index (χ1n) is 9.41. The molecule has 0 unspecified atom stereocenters. The van der Waals surface area contributed by atoms with Crippen LogP contribution in [0.4, 0.5) is 5.69 Å². The average molecular weight is 405 g/mol. The third-order valence-corrected chi connectivity index (χ3v) is 4.82. The van der Waals surface area contributed by atoms with Gasteiger partial charge in [0.05, 0.1) is 4.92 Å². The molecule has 1 aliphatic rings. The van der Waals surface area contributed by atoms with Crippen molar-refractivity contribution in [1.29, 1.82) is 5.26 Å². The maximum absolute atomic E-state index is 12.9. The van der Waals surface area contributed by atoms with Gasteiger partial charge in [-0.25, -0.2) is 0 Å². The van der Waals surface area contributed by atoms with Crippen LogP contribution in [0.2, 0.25) is 0 Å². The van der Waals surface area contributed by atoms with Crippen LogP contribution in [0.1, 0.15) is 32.4 Å². The predicted molar refractivity (Wildman–Crippen MR) is 109 cm³/mol. The molecule has 8 nitrogen and oxygen atoms in total. The second kappa shape index (κ2) is 8.57. The maximum Gasteiger partial charge on any atom is 0.271 e. The molecular weight excluding hydrogens is 386 g/mol. The van der Waals surface area contributed by atoms with Crippen molar-refractivity contribution in [2.45, 2.75) is 26.7 Å². The van der Waals surface area contributed by atoms with E-state index in [1.165, 1.54) is 18.2 Å². The fourth-order valence-corrected chi connectivity index (χ4v) is 3.15. The number of nitrogens with zero attached hydrogens (tertiary/aromatic N) is 3. The summed E-state index contributed by atoms with van der Waals surface area (Å²) in [4.78, 5) is 36.9. The number of benzene rings is 1. The predicted octanol–water partition coefficient (Wildman–Crippen LogP) is 4.25. The zero-order chi connectivity index (χ0) is 21.8. The highest BCUT2D eigenvalue weighted by molar-refractivity contribution is 6.19. The van der Waals surface area contributed by atoms with Gasteiger partial charge in [0.2, 0.25) is 0 Å². The van der Waals surface area contributed by atoms with Crippen molar-refractivity contribution in [3.63, 3.8) is 0 Å². The Morgan fingerprint density at radius 1 is 1.23 bits per heavy atom. The molecular formula is C22H19N3O5. The molecule has 0 aliphatic carbocycles. The third-order valence-electron chi connectivity index (χ3n) is 4.82. The van der Waals surface area contributed by atoms with E-state index < -0.39 is 16.7 Å². The van der Waals surface area contributed by atoms with Crippen molar-refractivity contribution in [2.75, 3.05) is 6.54 Å². The monoisotopic (exact) mass is 405 g/mol. The Balaban J connectivity index is 2.00. The zero-order valence-electron chi connectivity index (χ0n) is 16.5. The van der Waals surface area contributed by atoms with Gasteiger partial charge in [0, 0.05) is 29.8 Å². The number of unbranched alkanes of at least 4 members (excludes halogenated alkanes) is 1. The van der Waals surface area contributed by atoms with Gasteiger partial charge in [0.25, 0.3) is 17.5 Å². The summed E-state index contributed by atoms with van der Waals surface area (Å²) in [6, 6.07) is 11.2. The van der Waals surface area contributed by atoms with Crippen LogP contribution in [0.3, 0.4) is 0 Å². The molecule has 0 bridgehead atoms. The molecule has 0 radical (unpaired) electrons. The van der Waals surface area contributed by atoms with Crippen LogP contribution in [0.15, 0.2) is 57.5 Å². The molecule has 0 N–H and O–H groups in total. The Labute approximate surface area is 172 Å². The Bertz CT molecular complexity index is 1130. The minimum Gasteiger partial charge on any atom is -0.457 e. The van der Waals surface area contributed by atoms with Gasteiger partial charge in [-0.05, 0) is 37.1 Å². The van der Waals surface area contributed by atoms with Gasteiger partial charge in [0.1, 0.15) is 23.2 Å². The molecule has 0 atom stereocenters. The van der Waals surface area contributed by atoms with Gasteiger partial charge in [-0.1, -0.05) is 25.5 Å². The standard InChI is InChI=1S/C22H19N3O5/c1-3-4-10-24-21(26)18(14(2)19(13-23)22(24)27)12-17-8-9-20(30-17)15-6-5-7-16(11-15)25(28)29/h5-9,11-12H,3-4,10H2,1-2H3/b18-12+. The number of nitro benzene ring substituents is 1. The Kier molecular flexibility index (Phi) is 5.93. The summed E-state index contributed by atoms with van der Waals surface area (Å²) in [5, 5.41) is 20.4. The third kappa shape index (κ3) is 3.91. The molecule has 152 valence electrons. The molecule has 0 fully saturated rings. The molecule has 2 amide bonds. The minimum atomic E-state index is -0.581. The lowest BCUT2D eigenvalue weighted by Crippen LogP contribution is -2.43. The van der Waals surface area contributed by atoms with Gasteiger partial charge in [-0.15, -0.1) is 0 Å². The first kappa shape index (κ1) is 20.7. The SMILES string of the molecule is CCCCN1C(=O)C(C#N)=C(C)/C(=C\c2ccc(-c3cccc([N+](=O)[O-])c3)o2)C1=O. The van der Waals surface area contributed by atoms with Crippen LogP contribution in [-0.2, 0) is 9.59 Å². The summed E-state index contributed by atoms with van der Waals surface area (Å²) in [5.41, 5.74) is 0.903. The van der Waals surface area contributed by atoms with Crippen LogP contribution < -0.4 is 0 Å². The molecule has 0 saturated carbocycles. The number of carbonyl (C=O) groups excluding carboxylic acids is 2. The normalized spacial score (nSPS) is 15.6. The average Bonchev–Trinajstić information content (AvgIpc) is 3.20. The van der Waals surface area contributed by atoms with Gasteiger partial charge >= 0.3 is 0 Å². The van der Waals surface area contributed by atoms with Gasteiger partial charge in [-0.3, -0.25) is 24.6 Å². The summed E-state index contributed by atoms with van der Waals surface area (Å²) in [7, 11) is 0. The molecule has 2 heterocycles. The van der Waals surface area contributed by atoms with Crippen molar-refractivity contribution in [3.8, 4) is 17.4 Å². The minimum absolute atomic E-state index is 0.0613. The van der Waals surface area contributed by atoms with E-state index in [2.05, 4.69) is 0 Å². The number of rotatable bonds is 6. The second-order valence-corrected chi connectivity index (χ2v) is 6.79. The summed E-state index contributed by atoms with van der Waals surface area (Å²) in [6.07, 6.45) is 2.92. The van der Waals surface area contributed by atoms with Crippen LogP contribution in [0.5, 0.6) is 0 Å². The fraction of sp³-hybridized carbons (Fsp3) is 0.227. The van der Waals surface area contributed by atoms with Crippen LogP contribution in [0, 0.1) is 21.4 Å². The highest BCUT2D eigenvalue weighted by Gasteiger charge is 2.35. The molecule has 2 aromatic rings. The Hall–Kier alpha value is -3.99. The number of nitriles is 1. The lowest BCUT2D eigenvalue weighted by atomic mass is 9.94. The number of furan rings is 1. The number of hydrogen-bond donors (Lipinski definition) is 0. The Morgan fingerprint density at radius 2 is 2.00 bits per heavy atom. The number of carbonyl (C=O) groups is 2. The summed E-state index contributed by atoms with van der Waals surface area (Å²) >= 11 is 0. The van der Waals surface area contributed by atoms with Crippen LogP contribution >= 0.6 is 0 Å². The lowest BCUT2D eigenvalue weighted by Gasteiger charge is -2.27. The number of non-ortho nitro benzene ring substituents is 1. The van der Waals surface area contributed by atoms with E-state index in [0.717, 1.165) is 11.3 Å². The van der Waals surface area contributed by atoms with Gasteiger partial charge in [0.15, 0.2) is 0 Å². The van der Waals surface area contributed by atoms with Crippen molar-refractivity contribution in [2.24, 2.45) is 0 Å². The molecule has 1 aromatic carbocycles. The van der Waals surface area contributed by atoms with E-state index in [9.17, 15) is 25.0 Å². The van der Waals surface area contributed by atoms with E-state index in [1.54, 1.807) is 31.2 Å². The molecule has 3 rings (SSSR count). The molecule has 0 spiro atoms. The topological polar surface area (TPSA) is 117 Å². The Morgan fingerprint density at radius 3 is 2.67 bits per heavy atom. The molecule has 30 heavy (non-hydrogen) atoms. The number of imide groups is 1. The summed E-state index contributed by atoms with van der Waals surface area (Å²) in [5.74, 6) is -0.322. The van der Waals surface area contributed by atoms with Crippen LogP contribution in [-0.4, -0.2) is 28.2 Å². The zero-order valence-corrected chi connectivity index (χ0v) is 16.5. The fourth-order valence-electron chi connectivity index (χ4n) is 3.15. The summed E-state index contributed by atoms with van der Waals surface area (Å²) in [6.45, 7) is 3.74. The van der Waals surface area contributed by atoms with Crippen LogP contribution in [0.25, 0.3) is 17.4 Å². The molecule has 1 aliphatic heterocycles. The number of hydrogen-bond acceptors (Lipinski definition) is 6. The molecule has 0 saturated heterocycles. The quantitative estimate of drug-likeness (QED) is 0.307. The first-order chi connectivity index (χ1) is 14.4. The van der Waals surface area contributed by atoms with Crippen molar-refractivity contribution < 1.29 is 18.9 Å².